The molecule has 1 aromatic heterocycles. The first-order chi connectivity index (χ1) is 6.77. The minimum absolute atomic E-state index is 0.0827. The fourth-order valence-corrected chi connectivity index (χ4v) is 1.98. The molecule has 2 rings (SSSR count). The molecule has 1 heterocycles. The Balaban J connectivity index is 1.77. The highest BCUT2D eigenvalue weighted by Gasteiger charge is 2.29. The van der Waals surface area contributed by atoms with Crippen LogP contribution >= 0.6 is 11.3 Å². The molecule has 1 fully saturated rings. The van der Waals surface area contributed by atoms with Gasteiger partial charge in [-0.15, -0.1) is 0 Å². The van der Waals surface area contributed by atoms with E-state index in [-0.39, 0.29) is 11.8 Å². The second kappa shape index (κ2) is 4.11. The first kappa shape index (κ1) is 9.68. The van der Waals surface area contributed by atoms with Gasteiger partial charge in [-0.2, -0.15) is 11.3 Å². The first-order valence-corrected chi connectivity index (χ1v) is 5.69. The van der Waals surface area contributed by atoms with E-state index in [1.165, 1.54) is 0 Å². The number of hydrogen-bond donors (Lipinski definition) is 2. The highest BCUT2D eigenvalue weighted by molar-refractivity contribution is 7.07. The summed E-state index contributed by atoms with van der Waals surface area (Å²) in [6, 6.07) is 1.87. The minimum atomic E-state index is -0.566. The van der Waals surface area contributed by atoms with Crippen molar-refractivity contribution >= 4 is 17.2 Å². The van der Waals surface area contributed by atoms with Crippen molar-refractivity contribution in [1.82, 2.24) is 5.32 Å². The maximum Gasteiger partial charge on any atom is 0.223 e. The van der Waals surface area contributed by atoms with Crippen molar-refractivity contribution in [2.45, 2.75) is 18.9 Å². The predicted molar refractivity (Wildman–Crippen MR) is 55.0 cm³/mol. The van der Waals surface area contributed by atoms with Crippen LogP contribution in [-0.2, 0) is 4.79 Å². The normalized spacial score (nSPS) is 17.8. The fourth-order valence-electron chi connectivity index (χ4n) is 1.27. The highest BCUT2D eigenvalue weighted by atomic mass is 32.1. The van der Waals surface area contributed by atoms with E-state index in [1.54, 1.807) is 11.3 Å². The minimum Gasteiger partial charge on any atom is -0.387 e. The topological polar surface area (TPSA) is 49.3 Å². The van der Waals surface area contributed by atoms with Gasteiger partial charge >= 0.3 is 0 Å². The Hall–Kier alpha value is -0.870. The summed E-state index contributed by atoms with van der Waals surface area (Å²) in [7, 11) is 0. The maximum atomic E-state index is 11.3. The molecule has 0 radical (unpaired) electrons. The Morgan fingerprint density at radius 1 is 1.71 bits per heavy atom. The number of thiophene rings is 1. The molecule has 2 N–H and O–H groups in total. The Morgan fingerprint density at radius 3 is 3.07 bits per heavy atom. The molecule has 0 spiro atoms. The molecule has 3 nitrogen and oxygen atoms in total. The Morgan fingerprint density at radius 2 is 2.50 bits per heavy atom. The van der Waals surface area contributed by atoms with Gasteiger partial charge in [0.25, 0.3) is 0 Å². The van der Waals surface area contributed by atoms with Crippen LogP contribution in [0.25, 0.3) is 0 Å². The average Bonchev–Trinajstić information content (AvgIpc) is 2.90. The number of amides is 1. The van der Waals surface area contributed by atoms with Gasteiger partial charge in [-0.05, 0) is 35.2 Å². The van der Waals surface area contributed by atoms with Crippen molar-refractivity contribution in [1.29, 1.82) is 0 Å². The molecule has 0 saturated heterocycles. The molecule has 14 heavy (non-hydrogen) atoms. The quantitative estimate of drug-likeness (QED) is 0.789. The zero-order chi connectivity index (χ0) is 9.97. The fraction of sp³-hybridized carbons (Fsp3) is 0.500. The van der Waals surface area contributed by atoms with Crippen molar-refractivity contribution in [2.75, 3.05) is 6.54 Å². The molecule has 1 unspecified atom stereocenters. The molecule has 0 aliphatic heterocycles. The SMILES string of the molecule is O=C(NCC(O)c1ccsc1)C1CC1. The van der Waals surface area contributed by atoms with E-state index in [0.717, 1.165) is 18.4 Å². The largest absolute Gasteiger partial charge is 0.387 e. The first-order valence-electron chi connectivity index (χ1n) is 4.75. The third kappa shape index (κ3) is 2.33. The third-order valence-corrected chi connectivity index (χ3v) is 3.05. The second-order valence-electron chi connectivity index (χ2n) is 3.59. The van der Waals surface area contributed by atoms with Crippen LogP contribution in [-0.4, -0.2) is 17.6 Å². The number of carbonyl (C=O) groups excluding carboxylic acids is 1. The number of hydrogen-bond acceptors (Lipinski definition) is 3. The van der Waals surface area contributed by atoms with Gasteiger partial charge in [0.2, 0.25) is 5.91 Å². The molecule has 1 aliphatic carbocycles. The van der Waals surface area contributed by atoms with Gasteiger partial charge in [0.15, 0.2) is 0 Å². The third-order valence-electron chi connectivity index (χ3n) is 2.35. The maximum absolute atomic E-state index is 11.3. The standard InChI is InChI=1S/C10H13NO2S/c12-9(8-3-4-14-6-8)5-11-10(13)7-1-2-7/h3-4,6-7,9,12H,1-2,5H2,(H,11,13). The number of rotatable bonds is 4. The summed E-state index contributed by atoms with van der Waals surface area (Å²) >= 11 is 1.55. The summed E-state index contributed by atoms with van der Waals surface area (Å²) in [5.74, 6) is 0.295. The van der Waals surface area contributed by atoms with Crippen molar-refractivity contribution in [2.24, 2.45) is 5.92 Å². The van der Waals surface area contributed by atoms with E-state index < -0.39 is 6.10 Å². The van der Waals surface area contributed by atoms with Crippen LogP contribution in [0.1, 0.15) is 24.5 Å². The van der Waals surface area contributed by atoms with Crippen molar-refractivity contribution < 1.29 is 9.90 Å². The lowest BCUT2D eigenvalue weighted by Gasteiger charge is -2.09. The molecule has 1 atom stereocenters. The van der Waals surface area contributed by atoms with Crippen molar-refractivity contribution in [3.8, 4) is 0 Å². The lowest BCUT2D eigenvalue weighted by molar-refractivity contribution is -0.122. The van der Waals surface area contributed by atoms with Gasteiger partial charge in [0.05, 0.1) is 6.10 Å². The summed E-state index contributed by atoms with van der Waals surface area (Å²) in [5.41, 5.74) is 0.881. The molecule has 1 saturated carbocycles. The van der Waals surface area contributed by atoms with E-state index in [1.807, 2.05) is 16.8 Å². The van der Waals surface area contributed by atoms with Gasteiger partial charge in [-0.3, -0.25) is 4.79 Å². The number of aliphatic hydroxyl groups excluding tert-OH is 1. The van der Waals surface area contributed by atoms with Gasteiger partial charge in [-0.25, -0.2) is 0 Å². The zero-order valence-corrected chi connectivity index (χ0v) is 8.59. The summed E-state index contributed by atoms with van der Waals surface area (Å²) in [6.45, 7) is 0.325. The lowest BCUT2D eigenvalue weighted by atomic mass is 10.2. The summed E-state index contributed by atoms with van der Waals surface area (Å²) in [5, 5.41) is 16.2. The number of carbonyl (C=O) groups is 1. The monoisotopic (exact) mass is 211 g/mol. The zero-order valence-electron chi connectivity index (χ0n) is 7.77. The Kier molecular flexibility index (Phi) is 2.84. The van der Waals surface area contributed by atoms with Gasteiger partial charge in [-0.1, -0.05) is 0 Å². The van der Waals surface area contributed by atoms with Crippen LogP contribution in [0.15, 0.2) is 16.8 Å². The van der Waals surface area contributed by atoms with Crippen LogP contribution in [0.2, 0.25) is 0 Å². The molecule has 1 aliphatic rings. The van der Waals surface area contributed by atoms with Crippen LogP contribution in [0.3, 0.4) is 0 Å². The predicted octanol–water partition coefficient (Wildman–Crippen LogP) is 1.31. The number of aliphatic hydroxyl groups is 1. The van der Waals surface area contributed by atoms with Crippen molar-refractivity contribution in [3.63, 3.8) is 0 Å². The van der Waals surface area contributed by atoms with Crippen LogP contribution in [0.4, 0.5) is 0 Å². The second-order valence-corrected chi connectivity index (χ2v) is 4.37. The highest BCUT2D eigenvalue weighted by Crippen LogP contribution is 2.28. The molecule has 0 aromatic carbocycles. The molecule has 0 bridgehead atoms. The summed E-state index contributed by atoms with van der Waals surface area (Å²) in [6.07, 6.45) is 1.43. The average molecular weight is 211 g/mol. The van der Waals surface area contributed by atoms with Crippen LogP contribution in [0.5, 0.6) is 0 Å². The molecule has 76 valence electrons. The van der Waals surface area contributed by atoms with Gasteiger partial charge < -0.3 is 10.4 Å². The van der Waals surface area contributed by atoms with Crippen molar-refractivity contribution in [3.05, 3.63) is 22.4 Å². The Labute approximate surface area is 86.8 Å². The molecule has 1 aromatic rings. The molecule has 1 amide bonds. The van der Waals surface area contributed by atoms with E-state index >= 15 is 0 Å². The summed E-state index contributed by atoms with van der Waals surface area (Å²) < 4.78 is 0. The molecular formula is C10H13NO2S. The van der Waals surface area contributed by atoms with E-state index in [4.69, 9.17) is 0 Å². The van der Waals surface area contributed by atoms with E-state index in [0.29, 0.717) is 6.54 Å². The van der Waals surface area contributed by atoms with Crippen LogP contribution in [0, 0.1) is 5.92 Å². The smallest absolute Gasteiger partial charge is 0.223 e. The van der Waals surface area contributed by atoms with Crippen LogP contribution < -0.4 is 5.32 Å². The van der Waals surface area contributed by atoms with E-state index in [2.05, 4.69) is 5.32 Å². The molecule has 4 heteroatoms. The lowest BCUT2D eigenvalue weighted by Crippen LogP contribution is -2.29. The van der Waals surface area contributed by atoms with Gasteiger partial charge in [0, 0.05) is 12.5 Å². The summed E-state index contributed by atoms with van der Waals surface area (Å²) in [4.78, 5) is 11.3. The van der Waals surface area contributed by atoms with E-state index in [9.17, 15) is 9.90 Å². The molecular weight excluding hydrogens is 198 g/mol. The van der Waals surface area contributed by atoms with Gasteiger partial charge in [0.1, 0.15) is 0 Å². The Bertz CT molecular complexity index is 306. The number of nitrogens with one attached hydrogen (secondary N) is 1.